The van der Waals surface area contributed by atoms with E-state index < -0.39 is 0 Å². The Kier molecular flexibility index (Phi) is 4.01. The highest BCUT2D eigenvalue weighted by Gasteiger charge is 2.38. The van der Waals surface area contributed by atoms with Crippen molar-refractivity contribution in [3.05, 3.63) is 23.8 Å². The Balaban J connectivity index is 1.91. The zero-order valence-electron chi connectivity index (χ0n) is 12.9. The van der Waals surface area contributed by atoms with E-state index >= 15 is 0 Å². The van der Waals surface area contributed by atoms with Gasteiger partial charge in [-0.05, 0) is 12.6 Å². The lowest BCUT2D eigenvalue weighted by Crippen LogP contribution is -2.41. The SMILES string of the molecule is CCN1CCC2=NNC(c3cccc(OC)c3OC)C2C1. The third kappa shape index (κ3) is 2.46. The van der Waals surface area contributed by atoms with E-state index in [1.807, 2.05) is 12.1 Å². The molecule has 0 aromatic heterocycles. The van der Waals surface area contributed by atoms with Crippen LogP contribution in [-0.4, -0.2) is 44.5 Å². The minimum absolute atomic E-state index is 0.166. The highest BCUT2D eigenvalue weighted by Crippen LogP contribution is 2.40. The molecule has 2 heterocycles. The molecular formula is C16H23N3O2. The normalized spacial score (nSPS) is 25.0. The molecule has 1 fully saturated rings. The van der Waals surface area contributed by atoms with Crippen LogP contribution in [0.25, 0.3) is 0 Å². The Hall–Kier alpha value is -1.75. The molecule has 0 spiro atoms. The van der Waals surface area contributed by atoms with Crippen molar-refractivity contribution >= 4 is 5.71 Å². The summed E-state index contributed by atoms with van der Waals surface area (Å²) in [6.07, 6.45) is 1.05. The van der Waals surface area contributed by atoms with E-state index in [1.165, 1.54) is 5.71 Å². The third-order valence-electron chi connectivity index (χ3n) is 4.53. The summed E-state index contributed by atoms with van der Waals surface area (Å²) in [5, 5.41) is 4.56. The molecule has 1 aromatic rings. The molecule has 2 aliphatic rings. The maximum Gasteiger partial charge on any atom is 0.166 e. The predicted octanol–water partition coefficient (Wildman–Crippen LogP) is 2.05. The van der Waals surface area contributed by atoms with Crippen molar-refractivity contribution in [2.75, 3.05) is 33.9 Å². The van der Waals surface area contributed by atoms with Gasteiger partial charge in [-0.15, -0.1) is 0 Å². The van der Waals surface area contributed by atoms with Crippen LogP contribution >= 0.6 is 0 Å². The van der Waals surface area contributed by atoms with E-state index in [0.29, 0.717) is 5.92 Å². The van der Waals surface area contributed by atoms with Crippen LogP contribution in [0.4, 0.5) is 0 Å². The molecule has 2 unspecified atom stereocenters. The van der Waals surface area contributed by atoms with Crippen molar-refractivity contribution in [2.24, 2.45) is 11.0 Å². The number of likely N-dealkylation sites (tertiary alicyclic amines) is 1. The molecule has 0 bridgehead atoms. The molecule has 3 rings (SSSR count). The first-order chi connectivity index (χ1) is 10.3. The number of fused-ring (bicyclic) bond motifs is 1. The Bertz CT molecular complexity index is 544. The number of methoxy groups -OCH3 is 2. The van der Waals surface area contributed by atoms with Crippen molar-refractivity contribution in [1.29, 1.82) is 0 Å². The number of ether oxygens (including phenoxy) is 2. The van der Waals surface area contributed by atoms with Crippen LogP contribution < -0.4 is 14.9 Å². The number of piperidine rings is 1. The standard InChI is InChI=1S/C16H23N3O2/c1-4-19-9-8-13-12(10-19)15(18-17-13)11-6-5-7-14(20-2)16(11)21-3/h5-7,12,15,18H,4,8-10H2,1-3H3. The molecule has 2 atom stereocenters. The Morgan fingerprint density at radius 2 is 2.19 bits per heavy atom. The van der Waals surface area contributed by atoms with E-state index in [0.717, 1.165) is 43.1 Å². The van der Waals surface area contributed by atoms with Crippen molar-refractivity contribution in [1.82, 2.24) is 10.3 Å². The smallest absolute Gasteiger partial charge is 0.166 e. The van der Waals surface area contributed by atoms with E-state index in [1.54, 1.807) is 14.2 Å². The van der Waals surface area contributed by atoms with Gasteiger partial charge < -0.3 is 19.8 Å². The quantitative estimate of drug-likeness (QED) is 0.921. The first-order valence-corrected chi connectivity index (χ1v) is 7.53. The number of nitrogens with one attached hydrogen (secondary N) is 1. The van der Waals surface area contributed by atoms with Gasteiger partial charge in [0.25, 0.3) is 0 Å². The molecule has 0 aliphatic carbocycles. The van der Waals surface area contributed by atoms with Crippen LogP contribution in [-0.2, 0) is 0 Å². The maximum atomic E-state index is 5.58. The summed E-state index contributed by atoms with van der Waals surface area (Å²) in [5.74, 6) is 2.00. The summed E-state index contributed by atoms with van der Waals surface area (Å²) in [6.45, 7) is 5.46. The van der Waals surface area contributed by atoms with Gasteiger partial charge in [0.15, 0.2) is 11.5 Å². The largest absolute Gasteiger partial charge is 0.493 e. The van der Waals surface area contributed by atoms with Gasteiger partial charge in [0, 0.05) is 36.7 Å². The fourth-order valence-electron chi connectivity index (χ4n) is 3.34. The summed E-state index contributed by atoms with van der Waals surface area (Å²) < 4.78 is 11.0. The van der Waals surface area contributed by atoms with Crippen molar-refractivity contribution in [3.63, 3.8) is 0 Å². The Morgan fingerprint density at radius 3 is 2.90 bits per heavy atom. The topological polar surface area (TPSA) is 46.1 Å². The number of hydrogen-bond acceptors (Lipinski definition) is 5. The number of para-hydroxylation sites is 1. The molecule has 2 aliphatic heterocycles. The van der Waals surface area contributed by atoms with Gasteiger partial charge in [0.2, 0.25) is 0 Å². The minimum atomic E-state index is 0.166. The maximum absolute atomic E-state index is 5.58. The second-order valence-corrected chi connectivity index (χ2v) is 5.54. The number of benzene rings is 1. The number of nitrogens with zero attached hydrogens (tertiary/aromatic N) is 2. The fourth-order valence-corrected chi connectivity index (χ4v) is 3.34. The van der Waals surface area contributed by atoms with Gasteiger partial charge >= 0.3 is 0 Å². The summed E-state index contributed by atoms with van der Waals surface area (Å²) >= 11 is 0. The van der Waals surface area contributed by atoms with Gasteiger partial charge in [0.05, 0.1) is 20.3 Å². The van der Waals surface area contributed by atoms with Crippen LogP contribution in [0, 0.1) is 5.92 Å². The van der Waals surface area contributed by atoms with Crippen molar-refractivity contribution in [3.8, 4) is 11.5 Å². The number of hydrogen-bond donors (Lipinski definition) is 1. The molecule has 5 nitrogen and oxygen atoms in total. The van der Waals surface area contributed by atoms with Gasteiger partial charge in [0.1, 0.15) is 0 Å². The lowest BCUT2D eigenvalue weighted by molar-refractivity contribution is 0.236. The highest BCUT2D eigenvalue weighted by molar-refractivity contribution is 5.90. The minimum Gasteiger partial charge on any atom is -0.493 e. The van der Waals surface area contributed by atoms with Crippen LogP contribution in [0.1, 0.15) is 24.9 Å². The number of rotatable bonds is 4. The summed E-state index contributed by atoms with van der Waals surface area (Å²) in [5.41, 5.74) is 5.72. The van der Waals surface area contributed by atoms with E-state index in [2.05, 4.69) is 28.4 Å². The third-order valence-corrected chi connectivity index (χ3v) is 4.53. The highest BCUT2D eigenvalue weighted by atomic mass is 16.5. The summed E-state index contributed by atoms with van der Waals surface area (Å²) in [4.78, 5) is 2.48. The van der Waals surface area contributed by atoms with Crippen molar-refractivity contribution < 1.29 is 9.47 Å². The molecule has 0 radical (unpaired) electrons. The molecule has 21 heavy (non-hydrogen) atoms. The molecule has 114 valence electrons. The monoisotopic (exact) mass is 289 g/mol. The molecule has 5 heteroatoms. The summed E-state index contributed by atoms with van der Waals surface area (Å²) in [7, 11) is 3.36. The molecule has 1 saturated heterocycles. The number of hydrazone groups is 1. The average Bonchev–Trinajstić information content (AvgIpc) is 2.96. The molecule has 0 amide bonds. The zero-order chi connectivity index (χ0) is 14.8. The summed E-state index contributed by atoms with van der Waals surface area (Å²) in [6, 6.07) is 6.21. The second-order valence-electron chi connectivity index (χ2n) is 5.54. The van der Waals surface area contributed by atoms with E-state index in [4.69, 9.17) is 9.47 Å². The molecule has 1 N–H and O–H groups in total. The first-order valence-electron chi connectivity index (χ1n) is 7.53. The molecule has 0 saturated carbocycles. The molecule has 1 aromatic carbocycles. The second kappa shape index (κ2) is 5.93. The van der Waals surface area contributed by atoms with Crippen LogP contribution in [0.15, 0.2) is 23.3 Å². The lowest BCUT2D eigenvalue weighted by atomic mass is 9.86. The van der Waals surface area contributed by atoms with Gasteiger partial charge in [-0.2, -0.15) is 5.10 Å². The predicted molar refractivity (Wildman–Crippen MR) is 83.1 cm³/mol. The van der Waals surface area contributed by atoms with Gasteiger partial charge in [-0.1, -0.05) is 19.1 Å². The lowest BCUT2D eigenvalue weighted by Gasteiger charge is -2.33. The van der Waals surface area contributed by atoms with Crippen LogP contribution in [0.3, 0.4) is 0 Å². The van der Waals surface area contributed by atoms with Crippen molar-refractivity contribution in [2.45, 2.75) is 19.4 Å². The fraction of sp³-hybridized carbons (Fsp3) is 0.562. The Morgan fingerprint density at radius 1 is 1.33 bits per heavy atom. The average molecular weight is 289 g/mol. The molecular weight excluding hydrogens is 266 g/mol. The first kappa shape index (κ1) is 14.2. The van der Waals surface area contributed by atoms with E-state index in [-0.39, 0.29) is 6.04 Å². The Labute approximate surface area is 125 Å². The van der Waals surface area contributed by atoms with Crippen LogP contribution in [0.2, 0.25) is 0 Å². The van der Waals surface area contributed by atoms with Gasteiger partial charge in [-0.3, -0.25) is 0 Å². The van der Waals surface area contributed by atoms with Gasteiger partial charge in [-0.25, -0.2) is 0 Å². The van der Waals surface area contributed by atoms with E-state index in [9.17, 15) is 0 Å². The zero-order valence-corrected chi connectivity index (χ0v) is 12.9. The van der Waals surface area contributed by atoms with Crippen LogP contribution in [0.5, 0.6) is 11.5 Å².